The molecule has 0 fully saturated rings. The Balaban J connectivity index is 1.14. The van der Waals surface area contributed by atoms with Crippen molar-refractivity contribution in [1.29, 1.82) is 0 Å². The van der Waals surface area contributed by atoms with Gasteiger partial charge in [-0.25, -0.2) is 4.98 Å². The molecule has 3 aromatic heterocycles. The Morgan fingerprint density at radius 3 is 1.79 bits per heavy atom. The van der Waals surface area contributed by atoms with Crippen LogP contribution in [-0.2, 0) is 21.7 Å². The molecule has 0 aliphatic carbocycles. The van der Waals surface area contributed by atoms with E-state index < -0.39 is 0 Å². The first-order chi connectivity index (χ1) is 30.0. The molecular formula is C58H58N4O. The second-order valence-electron chi connectivity index (χ2n) is 20.1. The van der Waals surface area contributed by atoms with Crippen LogP contribution in [0.2, 0.25) is 0 Å². The van der Waals surface area contributed by atoms with Crippen molar-refractivity contribution < 1.29 is 9.30 Å². The minimum absolute atomic E-state index is 0.0339. The number of nitrogens with zero attached hydrogens (tertiary/aromatic N) is 4. The first-order valence-electron chi connectivity index (χ1n) is 22.1. The molecule has 0 aliphatic heterocycles. The minimum Gasteiger partial charge on any atom is -0.458 e. The van der Waals surface area contributed by atoms with E-state index in [1.54, 1.807) is 0 Å². The zero-order chi connectivity index (χ0) is 44.3. The van der Waals surface area contributed by atoms with Gasteiger partial charge in [-0.3, -0.25) is 13.7 Å². The summed E-state index contributed by atoms with van der Waals surface area (Å²) in [7, 11) is 0. The van der Waals surface area contributed by atoms with Crippen molar-refractivity contribution in [2.75, 3.05) is 0 Å². The lowest BCUT2D eigenvalue weighted by Crippen LogP contribution is -2.39. The molecule has 6 aromatic carbocycles. The predicted molar refractivity (Wildman–Crippen MR) is 259 cm³/mol. The smallest absolute Gasteiger partial charge is 0.269 e. The molecule has 63 heavy (non-hydrogen) atoms. The van der Waals surface area contributed by atoms with Crippen LogP contribution in [0.25, 0.3) is 39.0 Å². The van der Waals surface area contributed by atoms with Crippen molar-refractivity contribution in [3.8, 4) is 28.7 Å². The second-order valence-corrected chi connectivity index (χ2v) is 20.1. The maximum Gasteiger partial charge on any atom is 0.269 e. The van der Waals surface area contributed by atoms with E-state index in [4.69, 9.17) is 9.72 Å². The summed E-state index contributed by atoms with van der Waals surface area (Å²) >= 11 is 0. The van der Waals surface area contributed by atoms with Gasteiger partial charge in [-0.2, -0.15) is 0 Å². The van der Waals surface area contributed by atoms with E-state index in [1.807, 2.05) is 12.3 Å². The van der Waals surface area contributed by atoms with Crippen LogP contribution >= 0.6 is 0 Å². The van der Waals surface area contributed by atoms with E-state index in [0.717, 1.165) is 45.1 Å². The van der Waals surface area contributed by atoms with Gasteiger partial charge in [0, 0.05) is 40.1 Å². The number of ether oxygens (including phenoxy) is 1. The van der Waals surface area contributed by atoms with E-state index in [2.05, 4.69) is 247 Å². The number of aromatic nitrogens is 4. The van der Waals surface area contributed by atoms with Gasteiger partial charge in [0.1, 0.15) is 17.3 Å². The lowest BCUT2D eigenvalue weighted by atomic mass is 9.78. The van der Waals surface area contributed by atoms with Crippen molar-refractivity contribution in [2.24, 2.45) is 0 Å². The largest absolute Gasteiger partial charge is 0.458 e. The normalized spacial score (nSPS) is 12.6. The van der Waals surface area contributed by atoms with Gasteiger partial charge in [0.2, 0.25) is 0 Å². The summed E-state index contributed by atoms with van der Waals surface area (Å²) in [6, 6.07) is 56.3. The first kappa shape index (κ1) is 41.6. The molecule has 0 bridgehead atoms. The molecule has 5 nitrogen and oxygen atoms in total. The standard InChI is InChI=1S/C58H58N4O/c1-55(2,3)42-23-17-25-46(33-42)61-39-60(38-53(61)56(4,5)6)45-24-18-26-47(36-45)63-48-28-29-49-50-34-43(57(7,8)40-19-13-11-14-20-40)27-30-51(50)62(52(49)37-48)54-35-44(31-32-59-54)58(9,10)41-21-15-12-16-22-41/h11-38H,1-10H3. The SMILES string of the molecule is CC(C)(C)c1cccc(-[n+]2[c-]n(-c3cccc(Oc4ccc5c6cc(C(C)(C)c7ccccc7)ccc6n(-c6cc(C(C)(C)c7ccccc7)ccn6)c5c4)c3)cc2C(C)(C)C)c1. The average Bonchev–Trinajstić information content (AvgIpc) is 3.88. The van der Waals surface area contributed by atoms with Gasteiger partial charge < -0.3 is 4.74 Å². The second kappa shape index (κ2) is 15.6. The van der Waals surface area contributed by atoms with E-state index in [-0.39, 0.29) is 21.7 Å². The molecule has 0 atom stereocenters. The van der Waals surface area contributed by atoms with E-state index in [0.29, 0.717) is 0 Å². The molecule has 316 valence electrons. The fourth-order valence-corrected chi connectivity index (χ4v) is 8.85. The fourth-order valence-electron chi connectivity index (χ4n) is 8.85. The molecule has 9 aromatic rings. The molecule has 0 saturated carbocycles. The molecular weight excluding hydrogens is 769 g/mol. The maximum absolute atomic E-state index is 6.78. The number of hydrogen-bond acceptors (Lipinski definition) is 2. The number of pyridine rings is 1. The van der Waals surface area contributed by atoms with Gasteiger partial charge in [0.25, 0.3) is 6.33 Å². The van der Waals surface area contributed by atoms with E-state index in [1.165, 1.54) is 38.9 Å². The Morgan fingerprint density at radius 1 is 0.492 bits per heavy atom. The quantitative estimate of drug-likeness (QED) is 0.107. The average molecular weight is 827 g/mol. The molecule has 0 aliphatic rings. The molecule has 0 saturated heterocycles. The highest BCUT2D eigenvalue weighted by Crippen LogP contribution is 2.40. The molecule has 0 amide bonds. The van der Waals surface area contributed by atoms with Gasteiger partial charge in [0.05, 0.1) is 28.1 Å². The zero-order valence-corrected chi connectivity index (χ0v) is 38.4. The number of imidazole rings is 1. The highest BCUT2D eigenvalue weighted by Gasteiger charge is 2.28. The number of hydrogen-bond donors (Lipinski definition) is 0. The van der Waals surface area contributed by atoms with Crippen molar-refractivity contribution >= 4 is 21.8 Å². The summed E-state index contributed by atoms with van der Waals surface area (Å²) in [6.45, 7) is 22.7. The van der Waals surface area contributed by atoms with Crippen molar-refractivity contribution in [3.05, 3.63) is 210 Å². The van der Waals surface area contributed by atoms with Crippen LogP contribution in [-0.4, -0.2) is 14.1 Å². The third kappa shape index (κ3) is 7.86. The van der Waals surface area contributed by atoms with E-state index >= 15 is 0 Å². The van der Waals surface area contributed by atoms with Crippen LogP contribution in [0.5, 0.6) is 11.5 Å². The monoisotopic (exact) mass is 826 g/mol. The van der Waals surface area contributed by atoms with Crippen LogP contribution in [0.4, 0.5) is 0 Å². The van der Waals surface area contributed by atoms with Crippen LogP contribution in [0, 0.1) is 6.33 Å². The van der Waals surface area contributed by atoms with Crippen LogP contribution < -0.4 is 9.30 Å². The molecule has 3 heterocycles. The molecule has 0 spiro atoms. The van der Waals surface area contributed by atoms with Crippen molar-refractivity contribution in [1.82, 2.24) is 14.1 Å². The summed E-state index contributed by atoms with van der Waals surface area (Å²) < 4.78 is 13.4. The molecule has 0 N–H and O–H groups in total. The molecule has 9 rings (SSSR count). The Kier molecular flexibility index (Phi) is 10.3. The Bertz CT molecular complexity index is 3100. The van der Waals surface area contributed by atoms with Crippen LogP contribution in [0.3, 0.4) is 0 Å². The summed E-state index contributed by atoms with van der Waals surface area (Å²) in [5, 5.41) is 2.32. The van der Waals surface area contributed by atoms with Crippen molar-refractivity contribution in [2.45, 2.75) is 90.9 Å². The van der Waals surface area contributed by atoms with Gasteiger partial charge in [0.15, 0.2) is 0 Å². The Hall–Kier alpha value is -6.72. The van der Waals surface area contributed by atoms with Gasteiger partial charge >= 0.3 is 0 Å². The summed E-state index contributed by atoms with van der Waals surface area (Å²) in [5.74, 6) is 2.35. The molecule has 0 unspecified atom stereocenters. The topological polar surface area (TPSA) is 35.9 Å². The van der Waals surface area contributed by atoms with Crippen LogP contribution in [0.15, 0.2) is 170 Å². The lowest BCUT2D eigenvalue weighted by molar-refractivity contribution is -0.611. The highest BCUT2D eigenvalue weighted by molar-refractivity contribution is 6.09. The third-order valence-corrected chi connectivity index (χ3v) is 12.9. The highest BCUT2D eigenvalue weighted by atomic mass is 16.5. The number of fused-ring (bicyclic) bond motifs is 3. The minimum atomic E-state index is -0.232. The van der Waals surface area contributed by atoms with E-state index in [9.17, 15) is 0 Å². The Labute approximate surface area is 373 Å². The summed E-state index contributed by atoms with van der Waals surface area (Å²) in [5.41, 5.74) is 11.1. The van der Waals surface area contributed by atoms with Gasteiger partial charge in [-0.05, 0) is 105 Å². The summed E-state index contributed by atoms with van der Waals surface area (Å²) in [6.07, 6.45) is 7.81. The molecule has 0 radical (unpaired) electrons. The van der Waals surface area contributed by atoms with Gasteiger partial charge in [-0.15, -0.1) is 0 Å². The third-order valence-electron chi connectivity index (χ3n) is 12.9. The number of rotatable bonds is 9. The lowest BCUT2D eigenvalue weighted by Gasteiger charge is -2.27. The number of benzene rings is 6. The Morgan fingerprint density at radius 2 is 1.13 bits per heavy atom. The zero-order valence-electron chi connectivity index (χ0n) is 38.4. The molecule has 5 heteroatoms. The summed E-state index contributed by atoms with van der Waals surface area (Å²) in [4.78, 5) is 5.05. The van der Waals surface area contributed by atoms with Crippen molar-refractivity contribution in [3.63, 3.8) is 0 Å². The van der Waals surface area contributed by atoms with Crippen LogP contribution in [0.1, 0.15) is 103 Å². The fraction of sp³-hybridized carbons (Fsp3) is 0.241. The maximum atomic E-state index is 6.78. The van der Waals surface area contributed by atoms with Gasteiger partial charge in [-0.1, -0.05) is 154 Å². The first-order valence-corrected chi connectivity index (χ1v) is 22.1. The predicted octanol–water partition coefficient (Wildman–Crippen LogP) is 14.1.